The van der Waals surface area contributed by atoms with Crippen LogP contribution in [-0.4, -0.2) is 30.4 Å². The van der Waals surface area contributed by atoms with Gasteiger partial charge >= 0.3 is 0 Å². The number of benzene rings is 2. The minimum atomic E-state index is -0.257. The summed E-state index contributed by atoms with van der Waals surface area (Å²) < 4.78 is 1.82. The molecule has 5 rings (SSSR count). The van der Waals surface area contributed by atoms with Crippen molar-refractivity contribution in [1.29, 1.82) is 0 Å². The zero-order chi connectivity index (χ0) is 21.9. The summed E-state index contributed by atoms with van der Waals surface area (Å²) in [7, 11) is 0. The molecule has 2 aromatic carbocycles. The molecule has 3 heterocycles. The predicted octanol–water partition coefficient (Wildman–Crippen LogP) is 4.51. The number of aromatic nitrogens is 5. The van der Waals surface area contributed by atoms with E-state index in [0.29, 0.717) is 23.0 Å². The van der Waals surface area contributed by atoms with Gasteiger partial charge < -0.3 is 10.6 Å². The molecule has 0 saturated heterocycles. The number of nitrogens with one attached hydrogen (secondary N) is 2. The van der Waals surface area contributed by atoms with E-state index in [0.717, 1.165) is 22.4 Å². The number of nitrogens with zero attached hydrogens (tertiary/aromatic N) is 5. The number of pyridine rings is 1. The molecule has 0 fully saturated rings. The van der Waals surface area contributed by atoms with Gasteiger partial charge in [-0.25, -0.2) is 19.9 Å². The van der Waals surface area contributed by atoms with Crippen LogP contribution in [0.2, 0.25) is 0 Å². The van der Waals surface area contributed by atoms with Crippen molar-refractivity contribution in [3.63, 3.8) is 0 Å². The zero-order valence-corrected chi connectivity index (χ0v) is 17.2. The molecule has 3 aromatic heterocycles. The first kappa shape index (κ1) is 19.4. The van der Waals surface area contributed by atoms with E-state index >= 15 is 0 Å². The van der Waals surface area contributed by atoms with Crippen molar-refractivity contribution in [2.75, 3.05) is 10.6 Å². The summed E-state index contributed by atoms with van der Waals surface area (Å²) in [5.74, 6) is 1.78. The maximum absolute atomic E-state index is 12.6. The summed E-state index contributed by atoms with van der Waals surface area (Å²) in [5, 5.41) is 7.15. The Morgan fingerprint density at radius 3 is 2.53 bits per heavy atom. The Bertz CT molecular complexity index is 1400. The fourth-order valence-corrected chi connectivity index (χ4v) is 3.32. The van der Waals surface area contributed by atoms with Gasteiger partial charge in [0.15, 0.2) is 0 Å². The van der Waals surface area contributed by atoms with E-state index in [9.17, 15) is 4.79 Å². The molecule has 32 heavy (non-hydrogen) atoms. The number of carbonyl (C=O) groups excluding carboxylic acids is 1. The summed E-state index contributed by atoms with van der Waals surface area (Å²) in [5.41, 5.74) is 2.67. The van der Waals surface area contributed by atoms with Crippen molar-refractivity contribution in [1.82, 2.24) is 24.5 Å². The second-order valence-electron chi connectivity index (χ2n) is 7.17. The van der Waals surface area contributed by atoms with Gasteiger partial charge in [0.05, 0.1) is 5.52 Å². The largest absolute Gasteiger partial charge is 0.340 e. The fraction of sp³-hybridized carbons (Fsp3) is 0.0417. The van der Waals surface area contributed by atoms with Crippen LogP contribution in [0.15, 0.2) is 85.5 Å². The van der Waals surface area contributed by atoms with E-state index in [4.69, 9.17) is 0 Å². The van der Waals surface area contributed by atoms with Gasteiger partial charge in [-0.1, -0.05) is 24.3 Å². The van der Waals surface area contributed by atoms with E-state index in [1.807, 2.05) is 78.4 Å². The summed E-state index contributed by atoms with van der Waals surface area (Å²) >= 11 is 0. The highest BCUT2D eigenvalue weighted by Crippen LogP contribution is 2.20. The topological polar surface area (TPSA) is 97.6 Å². The van der Waals surface area contributed by atoms with Crippen molar-refractivity contribution in [2.45, 2.75) is 6.92 Å². The van der Waals surface area contributed by atoms with Gasteiger partial charge in [-0.15, -0.1) is 0 Å². The fourth-order valence-electron chi connectivity index (χ4n) is 3.32. The number of fused-ring (bicyclic) bond motifs is 1. The van der Waals surface area contributed by atoms with Crippen LogP contribution < -0.4 is 10.6 Å². The lowest BCUT2D eigenvalue weighted by atomic mass is 10.2. The Morgan fingerprint density at radius 1 is 0.906 bits per heavy atom. The normalized spacial score (nSPS) is 10.8. The van der Waals surface area contributed by atoms with Crippen LogP contribution in [0, 0.1) is 6.92 Å². The van der Waals surface area contributed by atoms with Crippen molar-refractivity contribution in [3.8, 4) is 5.82 Å². The molecular weight excluding hydrogens is 402 g/mol. The van der Waals surface area contributed by atoms with Crippen LogP contribution in [0.1, 0.15) is 16.3 Å². The lowest BCUT2D eigenvalue weighted by Gasteiger charge is -2.10. The second kappa shape index (κ2) is 8.27. The summed E-state index contributed by atoms with van der Waals surface area (Å²) in [6.45, 7) is 1.84. The van der Waals surface area contributed by atoms with Crippen LogP contribution in [0.5, 0.6) is 0 Å². The molecule has 5 aromatic rings. The lowest BCUT2D eigenvalue weighted by molar-refractivity contribution is 0.102. The molecule has 2 N–H and O–H groups in total. The Hall–Kier alpha value is -4.59. The number of rotatable bonds is 5. The molecule has 8 nitrogen and oxygen atoms in total. The monoisotopic (exact) mass is 421 g/mol. The third-order valence-electron chi connectivity index (χ3n) is 4.84. The van der Waals surface area contributed by atoms with Gasteiger partial charge in [0, 0.05) is 35.2 Å². The predicted molar refractivity (Wildman–Crippen MR) is 123 cm³/mol. The maximum Gasteiger partial charge on any atom is 0.274 e. The number of amides is 1. The van der Waals surface area contributed by atoms with E-state index in [1.165, 1.54) is 0 Å². The average Bonchev–Trinajstić information content (AvgIpc) is 3.35. The van der Waals surface area contributed by atoms with Gasteiger partial charge in [-0.2, -0.15) is 0 Å². The van der Waals surface area contributed by atoms with E-state index in [-0.39, 0.29) is 5.91 Å². The highest BCUT2D eigenvalue weighted by Gasteiger charge is 2.09. The van der Waals surface area contributed by atoms with Crippen LogP contribution in [0.3, 0.4) is 0 Å². The number of carbonyl (C=O) groups is 1. The average molecular weight is 421 g/mol. The van der Waals surface area contributed by atoms with Gasteiger partial charge in [-0.05, 0) is 43.3 Å². The summed E-state index contributed by atoms with van der Waals surface area (Å²) in [4.78, 5) is 30.0. The van der Waals surface area contributed by atoms with E-state index < -0.39 is 0 Å². The molecule has 1 amide bonds. The standard InChI is InChI=1S/C24H19N7O/c1-16-26-22(14-23(27-16)31-13-12-25-15-31)28-18-7-9-19(10-8-18)29-24(32)21-11-6-17-4-2-3-5-20(17)30-21/h2-15H,1H3,(H,29,32)(H,26,27,28). The molecule has 0 atom stereocenters. The minimum absolute atomic E-state index is 0.257. The minimum Gasteiger partial charge on any atom is -0.340 e. The third-order valence-corrected chi connectivity index (χ3v) is 4.84. The first-order chi connectivity index (χ1) is 15.6. The van der Waals surface area contributed by atoms with Crippen molar-refractivity contribution >= 4 is 34.0 Å². The van der Waals surface area contributed by atoms with E-state index in [1.54, 1.807) is 18.6 Å². The van der Waals surface area contributed by atoms with Crippen molar-refractivity contribution in [2.24, 2.45) is 0 Å². The van der Waals surface area contributed by atoms with Crippen molar-refractivity contribution < 1.29 is 4.79 Å². The molecule has 0 aliphatic rings. The third kappa shape index (κ3) is 4.15. The van der Waals surface area contributed by atoms with Crippen LogP contribution in [0.4, 0.5) is 17.2 Å². The molecular formula is C24H19N7O. The first-order valence-corrected chi connectivity index (χ1v) is 10.0. The molecule has 0 aliphatic carbocycles. The molecule has 156 valence electrons. The van der Waals surface area contributed by atoms with Crippen LogP contribution in [-0.2, 0) is 0 Å². The zero-order valence-electron chi connectivity index (χ0n) is 17.2. The van der Waals surface area contributed by atoms with Gasteiger partial charge in [-0.3, -0.25) is 9.36 Å². The Labute approximate surface area is 184 Å². The maximum atomic E-state index is 12.6. The number of anilines is 3. The summed E-state index contributed by atoms with van der Waals surface area (Å²) in [6, 6.07) is 20.6. The van der Waals surface area contributed by atoms with Gasteiger partial charge in [0.25, 0.3) is 5.91 Å². The smallest absolute Gasteiger partial charge is 0.274 e. The number of para-hydroxylation sites is 1. The highest BCUT2D eigenvalue weighted by atomic mass is 16.1. The number of imidazole rings is 1. The molecule has 0 saturated carbocycles. The Kier molecular flexibility index (Phi) is 5.01. The lowest BCUT2D eigenvalue weighted by Crippen LogP contribution is -2.13. The number of aryl methyl sites for hydroxylation is 1. The van der Waals surface area contributed by atoms with Crippen molar-refractivity contribution in [3.05, 3.63) is 97.0 Å². The first-order valence-electron chi connectivity index (χ1n) is 10.0. The van der Waals surface area contributed by atoms with Gasteiger partial charge in [0.2, 0.25) is 0 Å². The molecule has 8 heteroatoms. The molecule has 0 radical (unpaired) electrons. The van der Waals surface area contributed by atoms with Gasteiger partial charge in [0.1, 0.15) is 29.5 Å². The van der Waals surface area contributed by atoms with E-state index in [2.05, 4.69) is 30.6 Å². The Morgan fingerprint density at radius 2 is 1.72 bits per heavy atom. The van der Waals surface area contributed by atoms with Crippen LogP contribution >= 0.6 is 0 Å². The Balaban J connectivity index is 1.29. The quantitative estimate of drug-likeness (QED) is 0.433. The highest BCUT2D eigenvalue weighted by molar-refractivity contribution is 6.04. The molecule has 0 bridgehead atoms. The molecule has 0 unspecified atom stereocenters. The summed E-state index contributed by atoms with van der Waals surface area (Å²) in [6.07, 6.45) is 5.21. The van der Waals surface area contributed by atoms with Crippen LogP contribution in [0.25, 0.3) is 16.7 Å². The second-order valence-corrected chi connectivity index (χ2v) is 7.17. The number of hydrogen-bond donors (Lipinski definition) is 2. The SMILES string of the molecule is Cc1nc(Nc2ccc(NC(=O)c3ccc4ccccc4n3)cc2)cc(-n2ccnc2)n1. The molecule has 0 aliphatic heterocycles. The molecule has 0 spiro atoms. The number of hydrogen-bond acceptors (Lipinski definition) is 6.